The van der Waals surface area contributed by atoms with Crippen molar-refractivity contribution in [3.05, 3.63) is 66.0 Å². The SMILES string of the molecule is O=C(N[C@@H](c1ccccc1)[C@H]1C2CC3C[C@](Cl)(C2)C[C@@]1(Cl)C3)c1ccccn1. The number of nitrogens with zero attached hydrogens (tertiary/aromatic N) is 1. The minimum atomic E-state index is -0.357. The summed E-state index contributed by atoms with van der Waals surface area (Å²) in [4.78, 5) is 16.7. The average molecular weight is 415 g/mol. The van der Waals surface area contributed by atoms with Gasteiger partial charge in [-0.15, -0.1) is 23.2 Å². The Balaban J connectivity index is 1.51. The van der Waals surface area contributed by atoms with E-state index in [-0.39, 0.29) is 27.6 Å². The molecule has 4 fully saturated rings. The molecule has 2 unspecified atom stereocenters. The fourth-order valence-corrected chi connectivity index (χ4v) is 7.82. The van der Waals surface area contributed by atoms with E-state index >= 15 is 0 Å². The Labute approximate surface area is 175 Å². The Morgan fingerprint density at radius 3 is 2.54 bits per heavy atom. The van der Waals surface area contributed by atoms with Gasteiger partial charge in [-0.25, -0.2) is 0 Å². The highest BCUT2D eigenvalue weighted by molar-refractivity contribution is 6.28. The second kappa shape index (κ2) is 6.74. The third kappa shape index (κ3) is 3.13. The molecule has 1 aromatic carbocycles. The van der Waals surface area contributed by atoms with Crippen LogP contribution in [-0.2, 0) is 0 Å². The summed E-state index contributed by atoms with van der Waals surface area (Å²) in [7, 11) is 0. The zero-order chi connectivity index (χ0) is 19.4. The van der Waals surface area contributed by atoms with Gasteiger partial charge in [0, 0.05) is 17.0 Å². The summed E-state index contributed by atoms with van der Waals surface area (Å²) in [6, 6.07) is 15.5. The van der Waals surface area contributed by atoms with E-state index in [1.165, 1.54) is 0 Å². The molecule has 0 aliphatic heterocycles. The molecule has 0 spiro atoms. The van der Waals surface area contributed by atoms with Crippen LogP contribution in [0, 0.1) is 17.8 Å². The lowest BCUT2D eigenvalue weighted by Gasteiger charge is -2.63. The maximum Gasteiger partial charge on any atom is 0.270 e. The summed E-state index contributed by atoms with van der Waals surface area (Å²) in [5.41, 5.74) is 1.54. The molecule has 4 aliphatic rings. The molecule has 3 nitrogen and oxygen atoms in total. The van der Waals surface area contributed by atoms with Gasteiger partial charge in [0.25, 0.3) is 5.91 Å². The second-order valence-electron chi connectivity index (χ2n) is 8.94. The van der Waals surface area contributed by atoms with Crippen LogP contribution in [0.1, 0.15) is 54.2 Å². The predicted molar refractivity (Wildman–Crippen MR) is 112 cm³/mol. The van der Waals surface area contributed by atoms with Gasteiger partial charge >= 0.3 is 0 Å². The van der Waals surface area contributed by atoms with Crippen molar-refractivity contribution in [2.45, 2.75) is 47.9 Å². The zero-order valence-corrected chi connectivity index (χ0v) is 17.2. The molecule has 4 saturated carbocycles. The molecule has 1 amide bonds. The van der Waals surface area contributed by atoms with Crippen LogP contribution in [0.4, 0.5) is 0 Å². The highest BCUT2D eigenvalue weighted by Gasteiger charge is 2.63. The van der Waals surface area contributed by atoms with Crippen molar-refractivity contribution in [2.75, 3.05) is 0 Å². The summed E-state index contributed by atoms with van der Waals surface area (Å²) in [6.45, 7) is 0. The molecule has 146 valence electrons. The molecule has 4 bridgehead atoms. The first-order valence-corrected chi connectivity index (χ1v) is 10.9. The zero-order valence-electron chi connectivity index (χ0n) is 15.7. The standard InChI is InChI=1S/C23H24Cl2N2O/c24-22-11-15-10-17(13-22)19(23(25,12-15)14-22)20(16-6-2-1-3-7-16)27-21(28)18-8-4-5-9-26-18/h1-9,15,17,19-20H,10-14H2,(H,27,28)/t15?,17?,19-,20+,22+,23+/m1/s1. The number of carbonyl (C=O) groups excluding carboxylic acids is 1. The van der Waals surface area contributed by atoms with Crippen molar-refractivity contribution in [3.63, 3.8) is 0 Å². The van der Waals surface area contributed by atoms with Crippen molar-refractivity contribution in [3.8, 4) is 0 Å². The Hall–Kier alpha value is -1.58. The van der Waals surface area contributed by atoms with Gasteiger partial charge in [0.2, 0.25) is 0 Å². The molecule has 1 aromatic heterocycles. The molecular formula is C23H24Cl2N2O. The normalized spacial score (nSPS) is 36.9. The monoisotopic (exact) mass is 414 g/mol. The number of benzene rings is 1. The molecule has 6 atom stereocenters. The summed E-state index contributed by atoms with van der Waals surface area (Å²) >= 11 is 14.3. The molecule has 5 heteroatoms. The van der Waals surface area contributed by atoms with Gasteiger partial charge < -0.3 is 5.32 Å². The van der Waals surface area contributed by atoms with Crippen molar-refractivity contribution >= 4 is 29.1 Å². The number of amides is 1. The van der Waals surface area contributed by atoms with Crippen molar-refractivity contribution in [2.24, 2.45) is 17.8 Å². The van der Waals surface area contributed by atoms with E-state index in [0.29, 0.717) is 17.5 Å². The van der Waals surface area contributed by atoms with Gasteiger partial charge in [-0.2, -0.15) is 0 Å². The van der Waals surface area contributed by atoms with Gasteiger partial charge in [-0.3, -0.25) is 9.78 Å². The number of rotatable bonds is 4. The first kappa shape index (κ1) is 18.4. The maximum absolute atomic E-state index is 13.0. The molecule has 1 N–H and O–H groups in total. The number of nitrogens with one attached hydrogen (secondary N) is 1. The third-order valence-electron chi connectivity index (χ3n) is 6.96. The molecule has 2 aromatic rings. The van der Waals surface area contributed by atoms with Crippen LogP contribution in [0.15, 0.2) is 54.7 Å². The number of pyridine rings is 1. The van der Waals surface area contributed by atoms with Gasteiger partial charge in [-0.1, -0.05) is 36.4 Å². The molecule has 0 radical (unpaired) electrons. The lowest BCUT2D eigenvalue weighted by atomic mass is 9.49. The molecule has 28 heavy (non-hydrogen) atoms. The number of carbonyl (C=O) groups is 1. The fraction of sp³-hybridized carbons (Fsp3) is 0.478. The van der Waals surface area contributed by atoms with Crippen LogP contribution in [0.25, 0.3) is 0 Å². The Morgan fingerprint density at radius 1 is 1.07 bits per heavy atom. The summed E-state index contributed by atoms with van der Waals surface area (Å²) in [6.07, 6.45) is 6.71. The topological polar surface area (TPSA) is 42.0 Å². The van der Waals surface area contributed by atoms with E-state index in [1.54, 1.807) is 12.3 Å². The minimum absolute atomic E-state index is 0.140. The number of hydrogen-bond acceptors (Lipinski definition) is 2. The maximum atomic E-state index is 13.0. The summed E-state index contributed by atoms with van der Waals surface area (Å²) in [5, 5.41) is 3.29. The van der Waals surface area contributed by atoms with Gasteiger partial charge in [0.05, 0.1) is 10.9 Å². The van der Waals surface area contributed by atoms with Crippen molar-refractivity contribution in [1.29, 1.82) is 0 Å². The van der Waals surface area contributed by atoms with Gasteiger partial charge in [-0.05, 0) is 61.6 Å². The number of hydrogen-bond donors (Lipinski definition) is 1. The van der Waals surface area contributed by atoms with Crippen LogP contribution < -0.4 is 5.32 Å². The Bertz CT molecular complexity index is 877. The van der Waals surface area contributed by atoms with E-state index in [9.17, 15) is 4.79 Å². The molecular weight excluding hydrogens is 391 g/mol. The van der Waals surface area contributed by atoms with Crippen LogP contribution >= 0.6 is 23.2 Å². The molecule has 6 rings (SSSR count). The fourth-order valence-electron chi connectivity index (χ4n) is 6.32. The van der Waals surface area contributed by atoms with E-state index in [2.05, 4.69) is 22.4 Å². The second-order valence-corrected chi connectivity index (χ2v) is 10.5. The van der Waals surface area contributed by atoms with Crippen LogP contribution in [0.5, 0.6) is 0 Å². The smallest absolute Gasteiger partial charge is 0.270 e. The minimum Gasteiger partial charge on any atom is -0.344 e. The van der Waals surface area contributed by atoms with Crippen molar-refractivity contribution in [1.82, 2.24) is 10.3 Å². The highest BCUT2D eigenvalue weighted by atomic mass is 35.5. The van der Waals surface area contributed by atoms with E-state index in [0.717, 1.165) is 37.7 Å². The summed E-state index contributed by atoms with van der Waals surface area (Å²) in [5.74, 6) is 1.07. The van der Waals surface area contributed by atoms with E-state index in [4.69, 9.17) is 23.2 Å². The largest absolute Gasteiger partial charge is 0.344 e. The summed E-state index contributed by atoms with van der Waals surface area (Å²) < 4.78 is 0. The Morgan fingerprint density at radius 2 is 1.86 bits per heavy atom. The van der Waals surface area contributed by atoms with Crippen LogP contribution in [-0.4, -0.2) is 20.6 Å². The molecule has 1 heterocycles. The Kier molecular flexibility index (Phi) is 4.44. The van der Waals surface area contributed by atoms with Crippen LogP contribution in [0.2, 0.25) is 0 Å². The number of halogens is 2. The van der Waals surface area contributed by atoms with Gasteiger partial charge in [0.15, 0.2) is 0 Å². The lowest BCUT2D eigenvalue weighted by molar-refractivity contribution is -0.0237. The third-order valence-corrected chi connectivity index (χ3v) is 7.95. The van der Waals surface area contributed by atoms with Crippen molar-refractivity contribution < 1.29 is 4.79 Å². The highest BCUT2D eigenvalue weighted by Crippen LogP contribution is 2.66. The number of aromatic nitrogens is 1. The number of alkyl halides is 2. The van der Waals surface area contributed by atoms with E-state index in [1.807, 2.05) is 30.3 Å². The van der Waals surface area contributed by atoms with Crippen LogP contribution in [0.3, 0.4) is 0 Å². The van der Waals surface area contributed by atoms with E-state index < -0.39 is 0 Å². The predicted octanol–water partition coefficient (Wildman–Crippen LogP) is 5.35. The average Bonchev–Trinajstić information content (AvgIpc) is 2.66. The first-order chi connectivity index (χ1) is 13.5. The quantitative estimate of drug-likeness (QED) is 0.685. The molecule has 4 aliphatic carbocycles. The first-order valence-electron chi connectivity index (χ1n) is 10.1. The lowest BCUT2D eigenvalue weighted by Crippen LogP contribution is -2.62. The molecule has 0 saturated heterocycles. The van der Waals surface area contributed by atoms with Gasteiger partial charge in [0.1, 0.15) is 5.69 Å².